The normalized spacial score (nSPS) is 28.9. The Morgan fingerprint density at radius 1 is 1.12 bits per heavy atom. The third kappa shape index (κ3) is 5.57. The van der Waals surface area contributed by atoms with Gasteiger partial charge in [0, 0.05) is 55.0 Å². The van der Waals surface area contributed by atoms with Gasteiger partial charge in [-0.3, -0.25) is 24.9 Å². The second kappa shape index (κ2) is 11.2. The number of aromatic nitrogens is 1. The largest absolute Gasteiger partial charge is 0.301 e. The Kier molecular flexibility index (Phi) is 7.89. The first-order valence-corrected chi connectivity index (χ1v) is 14.6. The van der Waals surface area contributed by atoms with E-state index < -0.39 is 0 Å². The van der Waals surface area contributed by atoms with Crippen molar-refractivity contribution in [1.82, 2.24) is 25.0 Å². The average Bonchev–Trinajstić information content (AvgIpc) is 3.53. The van der Waals surface area contributed by atoms with Gasteiger partial charge in [-0.1, -0.05) is 36.4 Å². The molecule has 1 aromatic heterocycles. The molecule has 0 spiro atoms. The van der Waals surface area contributed by atoms with Crippen LogP contribution in [0.3, 0.4) is 0 Å². The standard InChI is InChI=1S/C25H34N5OS2/c31-20-30-24(17-32-25(30)22-9-4-10-26-16-22)33-18-23(27-19-33)29-14-12-28(13-15-29)11-5-8-21-6-2-1-3-7-21/h1-4,6-7,9-10,16,20,23-25,27H,5,8,11-15,17-19H2/q+1. The summed E-state index contributed by atoms with van der Waals surface area (Å²) in [4.78, 5) is 23.6. The fourth-order valence-electron chi connectivity index (χ4n) is 5.09. The van der Waals surface area contributed by atoms with Crippen LogP contribution in [0.15, 0.2) is 54.9 Å². The predicted molar refractivity (Wildman–Crippen MR) is 138 cm³/mol. The van der Waals surface area contributed by atoms with Crippen molar-refractivity contribution in [2.45, 2.75) is 29.8 Å². The van der Waals surface area contributed by atoms with Gasteiger partial charge in [0.05, 0.1) is 5.75 Å². The number of hydrogen-bond donors (Lipinski definition) is 1. The smallest absolute Gasteiger partial charge is 0.214 e. The minimum absolute atomic E-state index is 0.104. The lowest BCUT2D eigenvalue weighted by Crippen LogP contribution is -2.54. The number of benzene rings is 1. The van der Waals surface area contributed by atoms with Gasteiger partial charge in [0.25, 0.3) is 0 Å². The van der Waals surface area contributed by atoms with Gasteiger partial charge in [-0.05, 0) is 31.0 Å². The molecule has 1 N–H and O–H groups in total. The Morgan fingerprint density at radius 2 is 1.97 bits per heavy atom. The van der Waals surface area contributed by atoms with Gasteiger partial charge < -0.3 is 4.90 Å². The van der Waals surface area contributed by atoms with Gasteiger partial charge in [0.2, 0.25) is 11.8 Å². The molecule has 176 valence electrons. The van der Waals surface area contributed by atoms with Crippen LogP contribution in [0.5, 0.6) is 0 Å². The molecule has 4 heterocycles. The molecule has 1 aromatic carbocycles. The molecule has 33 heavy (non-hydrogen) atoms. The van der Waals surface area contributed by atoms with Gasteiger partial charge in [-0.2, -0.15) is 0 Å². The van der Waals surface area contributed by atoms with Crippen molar-refractivity contribution in [2.75, 3.05) is 50.1 Å². The van der Waals surface area contributed by atoms with Gasteiger partial charge in [0.1, 0.15) is 17.3 Å². The van der Waals surface area contributed by atoms with E-state index in [9.17, 15) is 4.79 Å². The molecular weight excluding hydrogens is 450 g/mol. The minimum atomic E-state index is 0.104. The van der Waals surface area contributed by atoms with E-state index in [2.05, 4.69) is 61.4 Å². The fraction of sp³-hybridized carbons (Fsp3) is 0.520. The summed E-state index contributed by atoms with van der Waals surface area (Å²) in [5.74, 6) is 3.20. The zero-order valence-corrected chi connectivity index (χ0v) is 20.7. The van der Waals surface area contributed by atoms with Gasteiger partial charge in [-0.15, -0.1) is 11.8 Å². The van der Waals surface area contributed by atoms with Crippen LogP contribution in [0.4, 0.5) is 0 Å². The van der Waals surface area contributed by atoms with Gasteiger partial charge >= 0.3 is 0 Å². The molecule has 0 aliphatic carbocycles. The highest BCUT2D eigenvalue weighted by atomic mass is 32.2. The molecule has 3 fully saturated rings. The number of pyridine rings is 1. The summed E-state index contributed by atoms with van der Waals surface area (Å²) in [6.45, 7) is 5.77. The summed E-state index contributed by atoms with van der Waals surface area (Å²) in [7, 11) is 0.193. The fourth-order valence-corrected chi connectivity index (χ4v) is 9.59. The summed E-state index contributed by atoms with van der Waals surface area (Å²) < 4.78 is 0. The summed E-state index contributed by atoms with van der Waals surface area (Å²) in [6.07, 6.45) is 7.61. The van der Waals surface area contributed by atoms with Crippen LogP contribution in [0, 0.1) is 0 Å². The zero-order chi connectivity index (χ0) is 22.5. The van der Waals surface area contributed by atoms with Crippen molar-refractivity contribution in [3.8, 4) is 0 Å². The molecule has 8 heteroatoms. The summed E-state index contributed by atoms with van der Waals surface area (Å²) >= 11 is 1.88. The monoisotopic (exact) mass is 484 g/mol. The van der Waals surface area contributed by atoms with E-state index in [0.29, 0.717) is 11.5 Å². The molecule has 0 radical (unpaired) electrons. The Bertz CT molecular complexity index is 881. The lowest BCUT2D eigenvalue weighted by atomic mass is 10.1. The van der Waals surface area contributed by atoms with Crippen LogP contribution in [-0.2, 0) is 22.1 Å². The highest BCUT2D eigenvalue weighted by Crippen LogP contribution is 2.42. The maximum absolute atomic E-state index is 12.0. The summed E-state index contributed by atoms with van der Waals surface area (Å²) in [5.41, 5.74) is 2.58. The van der Waals surface area contributed by atoms with Crippen molar-refractivity contribution < 1.29 is 4.79 Å². The van der Waals surface area contributed by atoms with E-state index in [4.69, 9.17) is 0 Å². The molecule has 3 aliphatic heterocycles. The second-order valence-corrected chi connectivity index (χ2v) is 12.4. The Hall–Kier alpha value is -1.58. The Balaban J connectivity index is 1.08. The first kappa shape index (κ1) is 23.2. The molecular formula is C25H34N5OS2+. The Morgan fingerprint density at radius 3 is 2.73 bits per heavy atom. The second-order valence-electron chi connectivity index (χ2n) is 9.01. The SMILES string of the molecule is O=CN1C(c2cccnc2)SCC1[S+]1CNC(N2CCN(CCCc3ccccc3)CC2)C1. The van der Waals surface area contributed by atoms with Crippen molar-refractivity contribution >= 4 is 29.1 Å². The van der Waals surface area contributed by atoms with Crippen LogP contribution < -0.4 is 5.32 Å². The maximum Gasteiger partial charge on any atom is 0.214 e. The molecule has 6 nitrogen and oxygen atoms in total. The number of carbonyl (C=O) groups is 1. The van der Waals surface area contributed by atoms with Crippen LogP contribution in [0.25, 0.3) is 0 Å². The summed E-state index contributed by atoms with van der Waals surface area (Å²) in [6, 6.07) is 14.9. The number of hydrogen-bond acceptors (Lipinski definition) is 6. The number of rotatable bonds is 8. The minimum Gasteiger partial charge on any atom is -0.301 e. The molecule has 4 atom stereocenters. The lowest BCUT2D eigenvalue weighted by molar-refractivity contribution is -0.118. The quantitative estimate of drug-likeness (QED) is 0.459. The van der Waals surface area contributed by atoms with Crippen molar-refractivity contribution in [3.05, 3.63) is 66.0 Å². The highest BCUT2D eigenvalue weighted by molar-refractivity contribution is 8.03. The molecule has 4 unspecified atom stereocenters. The van der Waals surface area contributed by atoms with Gasteiger partial charge in [-0.25, -0.2) is 0 Å². The molecule has 0 bridgehead atoms. The third-order valence-corrected chi connectivity index (χ3v) is 11.0. The first-order valence-electron chi connectivity index (χ1n) is 12.0. The van der Waals surface area contributed by atoms with E-state index >= 15 is 0 Å². The van der Waals surface area contributed by atoms with Crippen molar-refractivity contribution in [3.63, 3.8) is 0 Å². The number of amides is 1. The van der Waals surface area contributed by atoms with E-state index in [1.165, 1.54) is 24.9 Å². The zero-order valence-electron chi connectivity index (χ0n) is 19.1. The average molecular weight is 485 g/mol. The number of thioether (sulfide) groups is 1. The van der Waals surface area contributed by atoms with Crippen molar-refractivity contribution in [2.24, 2.45) is 0 Å². The van der Waals surface area contributed by atoms with Crippen LogP contribution >= 0.6 is 11.8 Å². The maximum atomic E-state index is 12.0. The van der Waals surface area contributed by atoms with E-state index in [0.717, 1.165) is 55.5 Å². The van der Waals surface area contributed by atoms with Gasteiger partial charge in [0.15, 0.2) is 5.88 Å². The van der Waals surface area contributed by atoms with Crippen molar-refractivity contribution in [1.29, 1.82) is 0 Å². The molecule has 0 saturated carbocycles. The molecule has 2 aromatic rings. The van der Waals surface area contributed by atoms with Crippen LogP contribution in [0.2, 0.25) is 0 Å². The number of nitrogens with zero attached hydrogens (tertiary/aromatic N) is 4. The van der Waals surface area contributed by atoms with E-state index in [1.54, 1.807) is 6.20 Å². The van der Waals surface area contributed by atoms with E-state index in [-0.39, 0.29) is 16.3 Å². The number of nitrogens with one attached hydrogen (secondary N) is 1. The number of carbonyl (C=O) groups excluding carboxylic acids is 1. The highest BCUT2D eigenvalue weighted by Gasteiger charge is 2.49. The van der Waals surface area contributed by atoms with Crippen LogP contribution in [0.1, 0.15) is 22.9 Å². The molecule has 5 rings (SSSR count). The molecule has 3 saturated heterocycles. The van der Waals surface area contributed by atoms with E-state index in [1.807, 2.05) is 24.0 Å². The number of piperazine rings is 1. The topological polar surface area (TPSA) is 51.7 Å². The Labute approximate surface area is 204 Å². The third-order valence-electron chi connectivity index (χ3n) is 6.98. The molecule has 3 aliphatic rings. The first-order chi connectivity index (χ1) is 16.3. The number of aryl methyl sites for hydroxylation is 1. The summed E-state index contributed by atoms with van der Waals surface area (Å²) in [5, 5.41) is 4.22. The predicted octanol–water partition coefficient (Wildman–Crippen LogP) is 2.37. The lowest BCUT2D eigenvalue weighted by Gasteiger charge is -2.37. The molecule has 1 amide bonds. The van der Waals surface area contributed by atoms with Crippen LogP contribution in [-0.4, -0.2) is 87.7 Å².